The van der Waals surface area contributed by atoms with E-state index in [4.69, 9.17) is 9.84 Å². The topological polar surface area (TPSA) is 58.6 Å². The molecule has 0 aliphatic carbocycles. The lowest BCUT2D eigenvalue weighted by molar-refractivity contribution is -0.136. The molecular weight excluding hydrogens is 286 g/mol. The van der Waals surface area contributed by atoms with Crippen LogP contribution in [0.5, 0.6) is 5.75 Å². The molecule has 2 rings (SSSR count). The van der Waals surface area contributed by atoms with E-state index < -0.39 is 5.97 Å². The quantitative estimate of drug-likeness (QED) is 0.824. The maximum absolute atomic E-state index is 10.7. The number of methoxy groups -OCH3 is 1. The summed E-state index contributed by atoms with van der Waals surface area (Å²) in [6.45, 7) is 2.82. The number of carboxylic acid groups (broad SMARTS) is 1. The first-order valence-corrected chi connectivity index (χ1v) is 7.57. The van der Waals surface area contributed by atoms with Gasteiger partial charge in [0, 0.05) is 22.3 Å². The molecule has 0 aliphatic rings. The van der Waals surface area contributed by atoms with Crippen molar-refractivity contribution in [3.8, 4) is 5.75 Å². The van der Waals surface area contributed by atoms with Gasteiger partial charge in [0.2, 0.25) is 0 Å². The van der Waals surface area contributed by atoms with Gasteiger partial charge < -0.3 is 15.2 Å². The summed E-state index contributed by atoms with van der Waals surface area (Å²) in [7, 11) is 1.66. The molecule has 0 bridgehead atoms. The molecule has 0 saturated heterocycles. The molecule has 2 aromatic rings. The van der Waals surface area contributed by atoms with Crippen LogP contribution in [0.2, 0.25) is 0 Å². The summed E-state index contributed by atoms with van der Waals surface area (Å²) in [5, 5.41) is 12.2. The van der Waals surface area contributed by atoms with Gasteiger partial charge in [0.1, 0.15) is 5.75 Å². The van der Waals surface area contributed by atoms with Crippen molar-refractivity contribution in [2.45, 2.75) is 25.9 Å². The Bertz CT molecular complexity index is 609. The summed E-state index contributed by atoms with van der Waals surface area (Å²) in [6.07, 6.45) is 0.0934. The van der Waals surface area contributed by atoms with Crippen molar-refractivity contribution in [3.63, 3.8) is 0 Å². The molecule has 0 unspecified atom stereocenters. The zero-order chi connectivity index (χ0) is 15.2. The molecule has 112 valence electrons. The molecule has 5 heteroatoms. The number of hydrogen-bond donors (Lipinski definition) is 2. The summed E-state index contributed by atoms with van der Waals surface area (Å²) >= 11 is 1.54. The van der Waals surface area contributed by atoms with Gasteiger partial charge in [-0.05, 0) is 36.8 Å². The van der Waals surface area contributed by atoms with Crippen LogP contribution in [0, 0.1) is 0 Å². The molecule has 21 heavy (non-hydrogen) atoms. The van der Waals surface area contributed by atoms with Crippen LogP contribution in [0.15, 0.2) is 36.4 Å². The average molecular weight is 305 g/mol. The highest BCUT2D eigenvalue weighted by Crippen LogP contribution is 2.21. The van der Waals surface area contributed by atoms with Gasteiger partial charge >= 0.3 is 5.97 Å². The van der Waals surface area contributed by atoms with Gasteiger partial charge in [-0.1, -0.05) is 12.1 Å². The van der Waals surface area contributed by atoms with Crippen LogP contribution in [-0.2, 0) is 17.8 Å². The van der Waals surface area contributed by atoms with Crippen molar-refractivity contribution in [2.75, 3.05) is 7.11 Å². The van der Waals surface area contributed by atoms with E-state index in [0.717, 1.165) is 27.6 Å². The summed E-state index contributed by atoms with van der Waals surface area (Å²) in [5.41, 5.74) is 1.16. The van der Waals surface area contributed by atoms with Gasteiger partial charge in [-0.2, -0.15) is 0 Å². The van der Waals surface area contributed by atoms with E-state index in [1.54, 1.807) is 7.11 Å². The monoisotopic (exact) mass is 305 g/mol. The van der Waals surface area contributed by atoms with Gasteiger partial charge in [-0.25, -0.2) is 0 Å². The highest BCUT2D eigenvalue weighted by molar-refractivity contribution is 7.12. The Balaban J connectivity index is 1.92. The molecule has 1 aromatic heterocycles. The number of rotatable bonds is 7. The zero-order valence-electron chi connectivity index (χ0n) is 12.1. The van der Waals surface area contributed by atoms with Crippen LogP contribution < -0.4 is 10.1 Å². The van der Waals surface area contributed by atoms with Crippen LogP contribution in [0.25, 0.3) is 0 Å². The maximum atomic E-state index is 10.7. The Hall–Kier alpha value is -1.85. The number of benzene rings is 1. The van der Waals surface area contributed by atoms with E-state index in [0.29, 0.717) is 0 Å². The third-order valence-corrected chi connectivity index (χ3v) is 4.30. The van der Waals surface area contributed by atoms with Crippen molar-refractivity contribution in [1.82, 2.24) is 5.32 Å². The number of nitrogens with one attached hydrogen (secondary N) is 1. The normalized spacial score (nSPS) is 12.1. The maximum Gasteiger partial charge on any atom is 0.308 e. The Kier molecular flexibility index (Phi) is 5.36. The summed E-state index contributed by atoms with van der Waals surface area (Å²) in [6, 6.07) is 12.0. The average Bonchev–Trinajstić information content (AvgIpc) is 2.91. The van der Waals surface area contributed by atoms with Crippen LogP contribution in [-0.4, -0.2) is 18.2 Å². The second-order valence-electron chi connectivity index (χ2n) is 4.82. The van der Waals surface area contributed by atoms with E-state index in [1.165, 1.54) is 11.3 Å². The number of thiophene rings is 1. The first kappa shape index (κ1) is 15.5. The first-order chi connectivity index (χ1) is 10.1. The molecule has 0 aliphatic heterocycles. The number of carboxylic acids is 1. The van der Waals surface area contributed by atoms with Crippen molar-refractivity contribution in [2.24, 2.45) is 0 Å². The van der Waals surface area contributed by atoms with Gasteiger partial charge in [-0.3, -0.25) is 4.79 Å². The Morgan fingerprint density at radius 3 is 2.81 bits per heavy atom. The molecule has 0 amide bonds. The van der Waals surface area contributed by atoms with E-state index in [9.17, 15) is 4.79 Å². The highest BCUT2D eigenvalue weighted by Gasteiger charge is 2.08. The van der Waals surface area contributed by atoms with Gasteiger partial charge in [0.15, 0.2) is 0 Å². The van der Waals surface area contributed by atoms with Crippen molar-refractivity contribution in [3.05, 3.63) is 51.7 Å². The second kappa shape index (κ2) is 7.24. The van der Waals surface area contributed by atoms with Gasteiger partial charge in [0.25, 0.3) is 0 Å². The zero-order valence-corrected chi connectivity index (χ0v) is 12.9. The van der Waals surface area contributed by atoms with Crippen LogP contribution >= 0.6 is 11.3 Å². The summed E-state index contributed by atoms with van der Waals surface area (Å²) < 4.78 is 5.23. The minimum atomic E-state index is -0.791. The van der Waals surface area contributed by atoms with E-state index in [2.05, 4.69) is 18.3 Å². The summed E-state index contributed by atoms with van der Waals surface area (Å²) in [4.78, 5) is 12.7. The van der Waals surface area contributed by atoms with Crippen LogP contribution in [0.1, 0.15) is 28.3 Å². The summed E-state index contributed by atoms with van der Waals surface area (Å²) in [5.74, 6) is 0.0575. The fourth-order valence-electron chi connectivity index (χ4n) is 2.04. The minimum absolute atomic E-state index is 0.0934. The SMILES string of the molecule is COc1cccc([C@@H](C)NCc2ccc(CC(=O)O)s2)c1. The lowest BCUT2D eigenvalue weighted by atomic mass is 10.1. The number of carbonyl (C=O) groups is 1. The van der Waals surface area contributed by atoms with E-state index >= 15 is 0 Å². The van der Waals surface area contributed by atoms with Crippen molar-refractivity contribution in [1.29, 1.82) is 0 Å². The number of ether oxygens (including phenoxy) is 1. The largest absolute Gasteiger partial charge is 0.497 e. The fraction of sp³-hybridized carbons (Fsp3) is 0.312. The second-order valence-corrected chi connectivity index (χ2v) is 6.07. The molecule has 0 radical (unpaired) electrons. The Morgan fingerprint density at radius 2 is 2.10 bits per heavy atom. The molecule has 1 heterocycles. The highest BCUT2D eigenvalue weighted by atomic mass is 32.1. The fourth-order valence-corrected chi connectivity index (χ4v) is 3.00. The predicted octanol–water partition coefficient (Wildman–Crippen LogP) is 3.23. The lowest BCUT2D eigenvalue weighted by Crippen LogP contribution is -2.17. The smallest absolute Gasteiger partial charge is 0.308 e. The molecule has 0 fully saturated rings. The third kappa shape index (κ3) is 4.58. The molecule has 2 N–H and O–H groups in total. The van der Waals surface area contributed by atoms with Gasteiger partial charge in [0.05, 0.1) is 13.5 Å². The molecular formula is C16H19NO3S. The van der Waals surface area contributed by atoms with Crippen LogP contribution in [0.3, 0.4) is 0 Å². The molecule has 0 saturated carbocycles. The molecule has 4 nitrogen and oxygen atoms in total. The van der Waals surface area contributed by atoms with Crippen LogP contribution in [0.4, 0.5) is 0 Å². The van der Waals surface area contributed by atoms with E-state index in [-0.39, 0.29) is 12.5 Å². The first-order valence-electron chi connectivity index (χ1n) is 6.75. The van der Waals surface area contributed by atoms with Crippen molar-refractivity contribution < 1.29 is 14.6 Å². The number of aliphatic carboxylic acids is 1. The van der Waals surface area contributed by atoms with Crippen molar-refractivity contribution >= 4 is 17.3 Å². The number of hydrogen-bond acceptors (Lipinski definition) is 4. The third-order valence-electron chi connectivity index (χ3n) is 3.22. The standard InChI is InChI=1S/C16H19NO3S/c1-11(12-4-3-5-13(8-12)20-2)17-10-15-7-6-14(21-15)9-16(18)19/h3-8,11,17H,9-10H2,1-2H3,(H,18,19)/t11-/m1/s1. The Morgan fingerprint density at radius 1 is 1.33 bits per heavy atom. The minimum Gasteiger partial charge on any atom is -0.497 e. The Labute approximate surface area is 128 Å². The van der Waals surface area contributed by atoms with E-state index in [1.807, 2.05) is 30.3 Å². The predicted molar refractivity (Wildman–Crippen MR) is 83.9 cm³/mol. The van der Waals surface area contributed by atoms with Gasteiger partial charge in [-0.15, -0.1) is 11.3 Å². The molecule has 0 spiro atoms. The molecule has 1 atom stereocenters. The molecule has 1 aromatic carbocycles. The lowest BCUT2D eigenvalue weighted by Gasteiger charge is -2.14.